The molecule has 1 N–H and O–H groups in total. The van der Waals surface area contributed by atoms with E-state index in [0.29, 0.717) is 12.5 Å². The minimum Gasteiger partial charge on any atom is -0.465 e. The van der Waals surface area contributed by atoms with Crippen molar-refractivity contribution >= 4 is 17.6 Å². The van der Waals surface area contributed by atoms with E-state index < -0.39 is 0 Å². The Balaban J connectivity index is 2.27. The minimum absolute atomic E-state index is 0.0920. The Morgan fingerprint density at radius 2 is 1.88 bits per heavy atom. The molecule has 0 aromatic heterocycles. The van der Waals surface area contributed by atoms with Gasteiger partial charge in [0.1, 0.15) is 6.04 Å². The van der Waals surface area contributed by atoms with Gasteiger partial charge in [-0.25, -0.2) is 0 Å². The maximum absolute atomic E-state index is 12.3. The quantitative estimate of drug-likeness (QED) is 0.618. The summed E-state index contributed by atoms with van der Waals surface area (Å²) in [6.45, 7) is 8.81. The van der Waals surface area contributed by atoms with Crippen LogP contribution in [0.4, 0.5) is 0 Å². The molecule has 2 unspecified atom stereocenters. The lowest BCUT2D eigenvalue weighted by Gasteiger charge is -2.50. The zero-order chi connectivity index (χ0) is 18.4. The van der Waals surface area contributed by atoms with Crippen molar-refractivity contribution < 1.29 is 9.53 Å². The fraction of sp³-hybridized carbons (Fsp3) is 0.667. The highest BCUT2D eigenvalue weighted by Gasteiger charge is 2.46. The zero-order valence-corrected chi connectivity index (χ0v) is 16.7. The molecule has 4 heteroatoms. The maximum Gasteiger partial charge on any atom is 0.323 e. The molecule has 1 aliphatic rings. The molecule has 0 saturated heterocycles. The summed E-state index contributed by atoms with van der Waals surface area (Å²) in [4.78, 5) is 12.3. The third-order valence-corrected chi connectivity index (χ3v) is 5.67. The fourth-order valence-electron chi connectivity index (χ4n) is 3.94. The molecule has 1 aromatic carbocycles. The molecule has 0 aliphatic heterocycles. The summed E-state index contributed by atoms with van der Waals surface area (Å²) in [7, 11) is 0. The van der Waals surface area contributed by atoms with Gasteiger partial charge in [-0.05, 0) is 56.2 Å². The lowest BCUT2D eigenvalue weighted by Crippen LogP contribution is -2.57. The van der Waals surface area contributed by atoms with E-state index in [0.717, 1.165) is 30.7 Å². The Morgan fingerprint density at radius 3 is 2.32 bits per heavy atom. The highest BCUT2D eigenvalue weighted by molar-refractivity contribution is 6.30. The monoisotopic (exact) mass is 365 g/mol. The molecule has 1 aromatic rings. The molecule has 0 bridgehead atoms. The lowest BCUT2D eigenvalue weighted by molar-refractivity contribution is -0.146. The molecule has 2 rings (SSSR count). The topological polar surface area (TPSA) is 38.3 Å². The largest absolute Gasteiger partial charge is 0.465 e. The van der Waals surface area contributed by atoms with Gasteiger partial charge in [0.25, 0.3) is 0 Å². The van der Waals surface area contributed by atoms with Crippen LogP contribution in [-0.2, 0) is 14.9 Å². The Bertz CT molecular complexity index is 552. The first-order valence-electron chi connectivity index (χ1n) is 9.61. The maximum atomic E-state index is 12.3. The van der Waals surface area contributed by atoms with Crippen LogP contribution in [0.1, 0.15) is 65.4 Å². The SMILES string of the molecule is CCOC(=O)C(CC)NC(CC(C)C)C1(c2ccc(Cl)cc2)CCC1. The molecule has 25 heavy (non-hydrogen) atoms. The van der Waals surface area contributed by atoms with Gasteiger partial charge in [0.15, 0.2) is 0 Å². The molecule has 0 heterocycles. The normalized spacial score (nSPS) is 18.5. The van der Waals surface area contributed by atoms with E-state index in [2.05, 4.69) is 31.3 Å². The predicted octanol–water partition coefficient (Wildman–Crippen LogP) is 5.11. The standard InChI is InChI=1S/C21H32ClNO2/c1-5-18(20(24)25-6-2)23-19(14-15(3)4)21(12-7-13-21)16-8-10-17(22)11-9-16/h8-11,15,18-19,23H,5-7,12-14H2,1-4H3. The van der Waals surface area contributed by atoms with Gasteiger partial charge in [-0.3, -0.25) is 4.79 Å². The van der Waals surface area contributed by atoms with Crippen LogP contribution >= 0.6 is 11.6 Å². The third kappa shape index (κ3) is 4.77. The van der Waals surface area contributed by atoms with Crippen molar-refractivity contribution in [1.82, 2.24) is 5.32 Å². The van der Waals surface area contributed by atoms with Crippen molar-refractivity contribution in [2.45, 2.75) is 77.3 Å². The molecule has 1 saturated carbocycles. The van der Waals surface area contributed by atoms with E-state index >= 15 is 0 Å². The Morgan fingerprint density at radius 1 is 1.24 bits per heavy atom. The van der Waals surface area contributed by atoms with Gasteiger partial charge in [0, 0.05) is 16.5 Å². The summed E-state index contributed by atoms with van der Waals surface area (Å²) in [5, 5.41) is 4.44. The van der Waals surface area contributed by atoms with E-state index in [1.54, 1.807) is 0 Å². The van der Waals surface area contributed by atoms with Crippen molar-refractivity contribution in [2.75, 3.05) is 6.61 Å². The molecule has 140 valence electrons. The summed E-state index contributed by atoms with van der Waals surface area (Å²) in [6.07, 6.45) is 5.31. The van der Waals surface area contributed by atoms with Gasteiger partial charge in [0.2, 0.25) is 0 Å². The van der Waals surface area contributed by atoms with Crippen LogP contribution in [0.25, 0.3) is 0 Å². The summed E-state index contributed by atoms with van der Waals surface area (Å²) < 4.78 is 5.27. The lowest BCUT2D eigenvalue weighted by atomic mass is 9.58. The summed E-state index contributed by atoms with van der Waals surface area (Å²) in [6, 6.07) is 8.28. The summed E-state index contributed by atoms with van der Waals surface area (Å²) >= 11 is 6.09. The van der Waals surface area contributed by atoms with Gasteiger partial charge in [0.05, 0.1) is 6.61 Å². The van der Waals surface area contributed by atoms with Crippen molar-refractivity contribution in [3.05, 3.63) is 34.9 Å². The van der Waals surface area contributed by atoms with Crippen molar-refractivity contribution in [3.63, 3.8) is 0 Å². The fourth-order valence-corrected chi connectivity index (χ4v) is 4.07. The molecule has 0 amide bonds. The predicted molar refractivity (Wildman–Crippen MR) is 104 cm³/mol. The zero-order valence-electron chi connectivity index (χ0n) is 16.0. The number of carbonyl (C=O) groups excluding carboxylic acids is 1. The van der Waals surface area contributed by atoms with Gasteiger partial charge < -0.3 is 10.1 Å². The average molecular weight is 366 g/mol. The van der Waals surface area contributed by atoms with Gasteiger partial charge in [-0.15, -0.1) is 0 Å². The first-order valence-corrected chi connectivity index (χ1v) is 9.99. The second-order valence-electron chi connectivity index (χ2n) is 7.58. The smallest absolute Gasteiger partial charge is 0.323 e. The highest BCUT2D eigenvalue weighted by Crippen LogP contribution is 2.48. The summed E-state index contributed by atoms with van der Waals surface area (Å²) in [5.74, 6) is 0.423. The number of carbonyl (C=O) groups is 1. The number of ether oxygens (including phenoxy) is 1. The molecule has 1 fully saturated rings. The van der Waals surface area contributed by atoms with E-state index in [1.807, 2.05) is 26.0 Å². The first kappa shape index (κ1) is 20.3. The van der Waals surface area contributed by atoms with E-state index in [9.17, 15) is 4.79 Å². The van der Waals surface area contributed by atoms with Gasteiger partial charge in [-0.1, -0.05) is 50.9 Å². The van der Waals surface area contributed by atoms with E-state index in [-0.39, 0.29) is 23.5 Å². The van der Waals surface area contributed by atoms with Crippen LogP contribution in [0.5, 0.6) is 0 Å². The molecule has 1 aliphatic carbocycles. The molecule has 0 radical (unpaired) electrons. The van der Waals surface area contributed by atoms with Gasteiger partial charge >= 0.3 is 5.97 Å². The molecular weight excluding hydrogens is 334 g/mol. The number of esters is 1. The average Bonchev–Trinajstić information content (AvgIpc) is 2.52. The van der Waals surface area contributed by atoms with E-state index in [4.69, 9.17) is 16.3 Å². The minimum atomic E-state index is -0.242. The first-order chi connectivity index (χ1) is 11.9. The second-order valence-corrected chi connectivity index (χ2v) is 8.01. The van der Waals surface area contributed by atoms with Gasteiger partial charge in [-0.2, -0.15) is 0 Å². The van der Waals surface area contributed by atoms with Crippen LogP contribution in [0.15, 0.2) is 24.3 Å². The molecular formula is C21H32ClNO2. The number of hydrogen-bond acceptors (Lipinski definition) is 3. The van der Waals surface area contributed by atoms with Crippen molar-refractivity contribution in [1.29, 1.82) is 0 Å². The number of rotatable bonds is 9. The number of benzene rings is 1. The van der Waals surface area contributed by atoms with Crippen molar-refractivity contribution in [2.24, 2.45) is 5.92 Å². The number of halogens is 1. The van der Waals surface area contributed by atoms with E-state index in [1.165, 1.54) is 12.0 Å². The molecule has 2 atom stereocenters. The van der Waals surface area contributed by atoms with Crippen LogP contribution in [0.2, 0.25) is 5.02 Å². The molecule has 0 spiro atoms. The Hall–Kier alpha value is -1.06. The van der Waals surface area contributed by atoms with Crippen molar-refractivity contribution in [3.8, 4) is 0 Å². The molecule has 3 nitrogen and oxygen atoms in total. The third-order valence-electron chi connectivity index (χ3n) is 5.42. The Kier molecular flexibility index (Phi) is 7.33. The van der Waals surface area contributed by atoms with Crippen LogP contribution in [0.3, 0.4) is 0 Å². The number of hydrogen-bond donors (Lipinski definition) is 1. The van der Waals surface area contributed by atoms with Crippen LogP contribution < -0.4 is 5.32 Å². The summed E-state index contributed by atoms with van der Waals surface area (Å²) in [5.41, 5.74) is 1.43. The second kappa shape index (κ2) is 9.05. The Labute approximate surface area is 157 Å². The van der Waals surface area contributed by atoms with Crippen LogP contribution in [-0.4, -0.2) is 24.7 Å². The highest BCUT2D eigenvalue weighted by atomic mass is 35.5. The van der Waals surface area contributed by atoms with Crippen LogP contribution in [0, 0.1) is 5.92 Å². The number of nitrogens with one attached hydrogen (secondary N) is 1.